The molecule has 1 atom stereocenters. The summed E-state index contributed by atoms with van der Waals surface area (Å²) in [6, 6.07) is 21.6. The van der Waals surface area contributed by atoms with Crippen molar-refractivity contribution < 1.29 is 22.6 Å². The maximum Gasteiger partial charge on any atom is 0.573 e. The van der Waals surface area contributed by atoms with Crippen LogP contribution < -0.4 is 15.2 Å². The van der Waals surface area contributed by atoms with Crippen LogP contribution in [0.25, 0.3) is 0 Å². The summed E-state index contributed by atoms with van der Waals surface area (Å²) >= 11 is 0. The number of hydrogen-bond donors (Lipinski definition) is 1. The second kappa shape index (κ2) is 7.49. The van der Waals surface area contributed by atoms with Crippen LogP contribution in [0.1, 0.15) is 17.2 Å². The molecule has 0 saturated heterocycles. The summed E-state index contributed by atoms with van der Waals surface area (Å²) in [7, 11) is 0. The van der Waals surface area contributed by atoms with Crippen LogP contribution in [0.4, 0.5) is 13.2 Å². The second-order valence-electron chi connectivity index (χ2n) is 5.58. The van der Waals surface area contributed by atoms with Crippen molar-refractivity contribution in [2.75, 3.05) is 0 Å². The lowest BCUT2D eigenvalue weighted by atomic mass is 9.99. The summed E-state index contributed by atoms with van der Waals surface area (Å²) < 4.78 is 46.2. The molecule has 0 aliphatic heterocycles. The third kappa shape index (κ3) is 4.77. The van der Waals surface area contributed by atoms with E-state index in [0.29, 0.717) is 11.3 Å². The Labute approximate surface area is 148 Å². The average Bonchev–Trinajstić information content (AvgIpc) is 2.62. The van der Waals surface area contributed by atoms with Gasteiger partial charge in [0.15, 0.2) is 0 Å². The highest BCUT2D eigenvalue weighted by atomic mass is 19.4. The Morgan fingerprint density at radius 1 is 0.654 bits per heavy atom. The Hall–Kier alpha value is -2.99. The summed E-state index contributed by atoms with van der Waals surface area (Å²) in [5.74, 6) is 1.12. The molecule has 0 amide bonds. The lowest BCUT2D eigenvalue weighted by molar-refractivity contribution is -0.274. The lowest BCUT2D eigenvalue weighted by Crippen LogP contribution is -2.17. The van der Waals surface area contributed by atoms with Gasteiger partial charge in [0.25, 0.3) is 0 Å². The van der Waals surface area contributed by atoms with Gasteiger partial charge in [0.05, 0.1) is 6.04 Å². The van der Waals surface area contributed by atoms with Crippen molar-refractivity contribution in [1.82, 2.24) is 0 Å². The van der Waals surface area contributed by atoms with E-state index in [1.54, 1.807) is 12.1 Å². The number of hydrogen-bond acceptors (Lipinski definition) is 3. The molecule has 0 aliphatic carbocycles. The Morgan fingerprint density at radius 3 is 1.62 bits per heavy atom. The van der Waals surface area contributed by atoms with E-state index in [1.165, 1.54) is 24.3 Å². The molecule has 134 valence electrons. The van der Waals surface area contributed by atoms with E-state index in [9.17, 15) is 13.2 Å². The van der Waals surface area contributed by atoms with E-state index in [2.05, 4.69) is 4.74 Å². The molecule has 2 N–H and O–H groups in total. The van der Waals surface area contributed by atoms with E-state index in [0.717, 1.165) is 11.3 Å². The van der Waals surface area contributed by atoms with Gasteiger partial charge in [-0.25, -0.2) is 0 Å². The summed E-state index contributed by atoms with van der Waals surface area (Å²) in [6.07, 6.45) is -4.71. The third-order valence-corrected chi connectivity index (χ3v) is 3.69. The number of benzene rings is 3. The van der Waals surface area contributed by atoms with Gasteiger partial charge in [-0.05, 0) is 47.5 Å². The fraction of sp³-hybridized carbons (Fsp3) is 0.100. The van der Waals surface area contributed by atoms with Gasteiger partial charge in [-0.2, -0.15) is 0 Å². The van der Waals surface area contributed by atoms with Crippen LogP contribution >= 0.6 is 0 Å². The Morgan fingerprint density at radius 2 is 1.12 bits per heavy atom. The Bertz CT molecular complexity index is 832. The minimum atomic E-state index is -4.71. The number of halogens is 3. The van der Waals surface area contributed by atoms with Crippen molar-refractivity contribution in [3.05, 3.63) is 90.0 Å². The molecule has 0 radical (unpaired) electrons. The van der Waals surface area contributed by atoms with E-state index in [1.807, 2.05) is 42.5 Å². The van der Waals surface area contributed by atoms with E-state index >= 15 is 0 Å². The molecule has 0 spiro atoms. The highest BCUT2D eigenvalue weighted by Gasteiger charge is 2.31. The first-order valence-corrected chi connectivity index (χ1v) is 7.85. The number of alkyl halides is 3. The normalized spacial score (nSPS) is 12.5. The molecule has 0 bridgehead atoms. The van der Waals surface area contributed by atoms with Crippen LogP contribution in [0.15, 0.2) is 78.9 Å². The third-order valence-electron chi connectivity index (χ3n) is 3.69. The SMILES string of the molecule is N[C@@H](c1ccc(Oc2ccccc2)cc1)c1ccc(OC(F)(F)F)cc1. The van der Waals surface area contributed by atoms with Crippen molar-refractivity contribution in [2.45, 2.75) is 12.4 Å². The molecule has 6 heteroatoms. The van der Waals surface area contributed by atoms with Crippen LogP contribution in [-0.4, -0.2) is 6.36 Å². The van der Waals surface area contributed by atoms with E-state index < -0.39 is 12.4 Å². The van der Waals surface area contributed by atoms with Crippen LogP contribution in [-0.2, 0) is 0 Å². The molecule has 3 aromatic carbocycles. The van der Waals surface area contributed by atoms with Crippen molar-refractivity contribution in [3.63, 3.8) is 0 Å². The van der Waals surface area contributed by atoms with Gasteiger partial charge in [0.1, 0.15) is 17.2 Å². The fourth-order valence-electron chi connectivity index (χ4n) is 2.44. The predicted molar refractivity (Wildman–Crippen MR) is 92.1 cm³/mol. The highest BCUT2D eigenvalue weighted by molar-refractivity contribution is 5.38. The van der Waals surface area contributed by atoms with Crippen LogP contribution in [0.5, 0.6) is 17.2 Å². The van der Waals surface area contributed by atoms with Gasteiger partial charge in [-0.1, -0.05) is 42.5 Å². The smallest absolute Gasteiger partial charge is 0.457 e. The molecule has 3 nitrogen and oxygen atoms in total. The molecule has 0 unspecified atom stereocenters. The standard InChI is InChI=1S/C20H16F3NO2/c21-20(22,23)26-18-12-8-15(9-13-18)19(24)14-6-10-17(11-7-14)25-16-4-2-1-3-5-16/h1-13,19H,24H2/t19-/m0/s1. The van der Waals surface area contributed by atoms with E-state index in [4.69, 9.17) is 10.5 Å². The number of para-hydroxylation sites is 1. The van der Waals surface area contributed by atoms with Crippen LogP contribution in [0, 0.1) is 0 Å². The van der Waals surface area contributed by atoms with E-state index in [-0.39, 0.29) is 5.75 Å². The van der Waals surface area contributed by atoms with Gasteiger partial charge in [-0.15, -0.1) is 13.2 Å². The minimum absolute atomic E-state index is 0.278. The van der Waals surface area contributed by atoms with Crippen LogP contribution in [0.2, 0.25) is 0 Å². The highest BCUT2D eigenvalue weighted by Crippen LogP contribution is 2.28. The molecule has 0 fully saturated rings. The van der Waals surface area contributed by atoms with Crippen molar-refractivity contribution in [1.29, 1.82) is 0 Å². The summed E-state index contributed by atoms with van der Waals surface area (Å²) in [5.41, 5.74) is 7.68. The van der Waals surface area contributed by atoms with Crippen molar-refractivity contribution in [2.24, 2.45) is 5.73 Å². The first kappa shape index (κ1) is 17.8. The van der Waals surface area contributed by atoms with Gasteiger partial charge >= 0.3 is 6.36 Å². The lowest BCUT2D eigenvalue weighted by Gasteiger charge is -2.15. The number of ether oxygens (including phenoxy) is 2. The van der Waals surface area contributed by atoms with Gasteiger partial charge in [-0.3, -0.25) is 0 Å². The monoisotopic (exact) mass is 359 g/mol. The molecule has 0 aliphatic rings. The summed E-state index contributed by atoms with van der Waals surface area (Å²) in [5, 5.41) is 0. The zero-order valence-corrected chi connectivity index (χ0v) is 13.6. The van der Waals surface area contributed by atoms with Crippen LogP contribution in [0.3, 0.4) is 0 Å². The topological polar surface area (TPSA) is 44.5 Å². The first-order valence-electron chi connectivity index (χ1n) is 7.85. The molecule has 0 saturated carbocycles. The molecular weight excluding hydrogens is 343 g/mol. The van der Waals surface area contributed by atoms with Gasteiger partial charge < -0.3 is 15.2 Å². The van der Waals surface area contributed by atoms with Gasteiger partial charge in [0, 0.05) is 0 Å². The minimum Gasteiger partial charge on any atom is -0.457 e. The maximum absolute atomic E-state index is 12.2. The molecule has 3 rings (SSSR count). The largest absolute Gasteiger partial charge is 0.573 e. The first-order chi connectivity index (χ1) is 12.4. The average molecular weight is 359 g/mol. The Balaban J connectivity index is 1.68. The summed E-state index contributed by atoms with van der Waals surface area (Å²) in [4.78, 5) is 0. The Kier molecular flexibility index (Phi) is 5.14. The summed E-state index contributed by atoms with van der Waals surface area (Å²) in [6.45, 7) is 0. The molecular formula is C20H16F3NO2. The number of nitrogens with two attached hydrogens (primary N) is 1. The van der Waals surface area contributed by atoms with Gasteiger partial charge in [0.2, 0.25) is 0 Å². The molecule has 26 heavy (non-hydrogen) atoms. The molecule has 3 aromatic rings. The maximum atomic E-state index is 12.2. The quantitative estimate of drug-likeness (QED) is 0.661. The molecule has 0 heterocycles. The fourth-order valence-corrected chi connectivity index (χ4v) is 2.44. The zero-order valence-electron chi connectivity index (χ0n) is 13.6. The molecule has 0 aromatic heterocycles. The predicted octanol–water partition coefficient (Wildman–Crippen LogP) is 5.43. The second-order valence-corrected chi connectivity index (χ2v) is 5.58. The zero-order chi connectivity index (χ0) is 18.6. The number of rotatable bonds is 5. The van der Waals surface area contributed by atoms with Crippen molar-refractivity contribution >= 4 is 0 Å². The van der Waals surface area contributed by atoms with Crippen molar-refractivity contribution in [3.8, 4) is 17.2 Å².